The number of carbonyl (C=O) groups excluding carboxylic acids is 4. The fourth-order valence-corrected chi connectivity index (χ4v) is 6.98. The lowest BCUT2D eigenvalue weighted by atomic mass is 9.93. The fraction of sp³-hybridized carbons (Fsp3) is 0.341. The molecule has 0 saturated heterocycles. The summed E-state index contributed by atoms with van der Waals surface area (Å²) in [5.74, 6) is 9.93. The number of ether oxygens (including phenoxy) is 2. The molecule has 1 aliphatic rings. The summed E-state index contributed by atoms with van der Waals surface area (Å²) in [6.45, 7) is 4.02. The average molecular weight is 836 g/mol. The van der Waals surface area contributed by atoms with Crippen LogP contribution in [0.5, 0.6) is 11.5 Å². The number of amides is 4. The van der Waals surface area contributed by atoms with E-state index in [1.165, 1.54) is 19.5 Å². The van der Waals surface area contributed by atoms with E-state index in [9.17, 15) is 19.2 Å². The van der Waals surface area contributed by atoms with Crippen molar-refractivity contribution in [2.45, 2.75) is 57.7 Å². The summed E-state index contributed by atoms with van der Waals surface area (Å²) in [5.41, 5.74) is 22.7. The Morgan fingerprint density at radius 2 is 1.48 bits per heavy atom. The van der Waals surface area contributed by atoms with E-state index < -0.39 is 48.3 Å². The summed E-state index contributed by atoms with van der Waals surface area (Å²) in [5, 5.41) is 13.1. The number of fused-ring (bicyclic) bond motifs is 5. The Balaban J connectivity index is 1.49. The number of aryl methyl sites for hydroxylation is 1. The first-order chi connectivity index (χ1) is 29.5. The molecule has 3 atom stereocenters. The molecule has 4 bridgehead atoms. The highest BCUT2D eigenvalue weighted by Crippen LogP contribution is 2.40. The Labute approximate surface area is 355 Å². The number of amidine groups is 1. The minimum Gasteiger partial charge on any atom is -0.492 e. The van der Waals surface area contributed by atoms with Gasteiger partial charge in [-0.25, -0.2) is 11.3 Å². The molecule has 0 saturated carbocycles. The maximum Gasteiger partial charge on any atom is 0.257 e. The van der Waals surface area contributed by atoms with E-state index in [1.807, 2.05) is 24.3 Å². The normalized spacial score (nSPS) is 16.7. The Morgan fingerprint density at radius 3 is 2.07 bits per heavy atom. The monoisotopic (exact) mass is 835 g/mol. The third-order valence-electron chi connectivity index (χ3n) is 10.2. The fourth-order valence-electron chi connectivity index (χ4n) is 6.98. The van der Waals surface area contributed by atoms with Gasteiger partial charge in [0, 0.05) is 43.2 Å². The number of hydrazine groups is 2. The van der Waals surface area contributed by atoms with Crippen molar-refractivity contribution in [1.29, 1.82) is 0 Å². The molecule has 1 aliphatic heterocycles. The molecule has 0 fully saturated rings. The molecule has 13 N–H and O–H groups in total. The number of nitrogens with one attached hydrogen (secondary N) is 5. The van der Waals surface area contributed by atoms with Crippen molar-refractivity contribution in [2.75, 3.05) is 39.9 Å². The van der Waals surface area contributed by atoms with Gasteiger partial charge < -0.3 is 48.2 Å². The maximum absolute atomic E-state index is 14.4. The highest BCUT2D eigenvalue weighted by molar-refractivity contribution is 5.99. The Morgan fingerprint density at radius 1 is 0.852 bits per heavy atom. The molecule has 0 spiro atoms. The molecule has 0 radical (unpaired) electrons. The van der Waals surface area contributed by atoms with E-state index in [2.05, 4.69) is 63.1 Å². The lowest BCUT2D eigenvalue weighted by molar-refractivity contribution is -0.144. The van der Waals surface area contributed by atoms with Crippen LogP contribution in [0.1, 0.15) is 59.8 Å². The first kappa shape index (κ1) is 45.6. The molecule has 1 heterocycles. The predicted molar refractivity (Wildman–Crippen MR) is 235 cm³/mol. The maximum atomic E-state index is 14.4. The summed E-state index contributed by atoms with van der Waals surface area (Å²) < 4.78 is 12.2. The highest BCUT2D eigenvalue weighted by atomic mass is 16.5. The topological polar surface area (TPSA) is 267 Å². The van der Waals surface area contributed by atoms with Gasteiger partial charge in [-0.1, -0.05) is 61.9 Å². The van der Waals surface area contributed by atoms with E-state index in [1.54, 1.807) is 36.4 Å². The van der Waals surface area contributed by atoms with Gasteiger partial charge >= 0.3 is 0 Å². The summed E-state index contributed by atoms with van der Waals surface area (Å²) in [7, 11) is 1.48. The van der Waals surface area contributed by atoms with Gasteiger partial charge in [-0.15, -0.1) is 0 Å². The Kier molecular flexibility index (Phi) is 16.6. The van der Waals surface area contributed by atoms with Crippen LogP contribution >= 0.6 is 0 Å². The zero-order chi connectivity index (χ0) is 43.9. The summed E-state index contributed by atoms with van der Waals surface area (Å²) in [4.78, 5) is 55.5. The average Bonchev–Trinajstić information content (AvgIpc) is 3.28. The van der Waals surface area contributed by atoms with E-state index in [0.717, 1.165) is 41.0 Å². The summed E-state index contributed by atoms with van der Waals surface area (Å²) in [6.07, 6.45) is 3.47. The van der Waals surface area contributed by atoms with Crippen molar-refractivity contribution in [1.82, 2.24) is 31.8 Å². The molecular weight excluding hydrogens is 779 g/mol. The van der Waals surface area contributed by atoms with Crippen LogP contribution in [0.4, 0.5) is 0 Å². The van der Waals surface area contributed by atoms with Crippen molar-refractivity contribution >= 4 is 29.5 Å². The third kappa shape index (κ3) is 11.6. The first-order valence-corrected chi connectivity index (χ1v) is 20.3. The lowest BCUT2D eigenvalue weighted by Crippen LogP contribution is -2.57. The summed E-state index contributed by atoms with van der Waals surface area (Å²) in [6, 6.07) is 22.6. The van der Waals surface area contributed by atoms with Gasteiger partial charge in [-0.3, -0.25) is 24.2 Å². The molecule has 4 amide bonds. The zero-order valence-electron chi connectivity index (χ0n) is 34.8. The van der Waals surface area contributed by atoms with E-state index in [4.69, 9.17) is 32.6 Å². The van der Waals surface area contributed by atoms with Crippen LogP contribution in [-0.2, 0) is 27.2 Å². The quantitative estimate of drug-likeness (QED) is 0.0338. The molecule has 4 aromatic carbocycles. The predicted octanol–water partition coefficient (Wildman–Crippen LogP) is 1.75. The molecule has 17 nitrogen and oxygen atoms in total. The van der Waals surface area contributed by atoms with Crippen molar-refractivity contribution in [3.8, 4) is 33.8 Å². The van der Waals surface area contributed by atoms with Gasteiger partial charge in [0.05, 0.1) is 12.6 Å². The molecule has 4 aromatic rings. The number of hydrogen-bond acceptors (Lipinski definition) is 12. The van der Waals surface area contributed by atoms with Crippen LogP contribution in [0.2, 0.25) is 0 Å². The highest BCUT2D eigenvalue weighted by Gasteiger charge is 2.35. The number of unbranched alkanes of at least 4 members (excludes halogenated alkanes) is 1. The second-order valence-corrected chi connectivity index (χ2v) is 14.5. The van der Waals surface area contributed by atoms with Crippen LogP contribution in [0.25, 0.3) is 22.3 Å². The molecule has 61 heavy (non-hydrogen) atoms. The van der Waals surface area contributed by atoms with E-state index in [0.29, 0.717) is 33.8 Å². The number of hydrazone groups is 1. The molecule has 0 aromatic heterocycles. The molecule has 17 heteroatoms. The van der Waals surface area contributed by atoms with Crippen LogP contribution in [-0.4, -0.2) is 86.5 Å². The lowest BCUT2D eigenvalue weighted by Gasteiger charge is -2.32. The molecule has 2 unspecified atom stereocenters. The third-order valence-corrected chi connectivity index (χ3v) is 10.2. The van der Waals surface area contributed by atoms with E-state index >= 15 is 0 Å². The van der Waals surface area contributed by atoms with Crippen molar-refractivity contribution in [3.63, 3.8) is 0 Å². The second kappa shape index (κ2) is 22.2. The number of hydrogen-bond donors (Lipinski definition) is 9. The second-order valence-electron chi connectivity index (χ2n) is 14.5. The van der Waals surface area contributed by atoms with Crippen molar-refractivity contribution in [2.24, 2.45) is 28.3 Å². The Bertz CT molecular complexity index is 2160. The van der Waals surface area contributed by atoms with Gasteiger partial charge in [0.2, 0.25) is 11.8 Å². The van der Waals surface area contributed by atoms with Crippen molar-refractivity contribution < 1.29 is 28.7 Å². The standard InChI is InChI=1S/C44H57N11O6/c1-4-5-6-28-7-10-30(11-8-28)31-12-14-32(15-13-31)43(58)50-26-39(56)55(49-3)40-33-16-18-38(61-22-20-46)35(25-33)34-23-29(9-17-37(34)60-21-19-45)24-36(41(53-47)54-48)52-42(57)27(2)51-44(40)59/h7-18,23,25,27,36,40,49H,4-6,19-22,24,26,45-48H2,1-3H3,(H,50,58)(H,51,59)(H,52,57)(H,53,54)/t27-,36?,40?/m0/s1. The van der Waals surface area contributed by atoms with Gasteiger partial charge in [-0.2, -0.15) is 5.10 Å². The molecule has 5 rings (SSSR count). The first-order valence-electron chi connectivity index (χ1n) is 20.3. The number of carbonyl (C=O) groups is 4. The molecule has 0 aliphatic carbocycles. The number of nitrogens with two attached hydrogens (primary N) is 4. The van der Waals surface area contributed by atoms with Crippen LogP contribution in [0, 0.1) is 0 Å². The smallest absolute Gasteiger partial charge is 0.257 e. The SMILES string of the molecule is CCCCc1ccc(-c2ccc(C(=O)NCC(=O)N(NC)C3C(=O)N[C@@H](C)C(=O)NC(/C(=N/N)NN)Cc4ccc(OCCN)c(c4)-c4cc3ccc4OCCN)cc2)cc1. The van der Waals surface area contributed by atoms with E-state index in [-0.39, 0.29) is 38.6 Å². The zero-order valence-corrected chi connectivity index (χ0v) is 34.8. The molecular formula is C44H57N11O6. The van der Waals surface area contributed by atoms with Crippen molar-refractivity contribution in [3.05, 3.63) is 107 Å². The van der Waals surface area contributed by atoms with Gasteiger partial charge in [0.25, 0.3) is 11.8 Å². The number of nitrogens with zero attached hydrogens (tertiary/aromatic N) is 2. The molecule has 324 valence electrons. The van der Waals surface area contributed by atoms with Gasteiger partial charge in [-0.05, 0) is 84.0 Å². The van der Waals surface area contributed by atoms with Crippen LogP contribution < -0.4 is 59.4 Å². The van der Waals surface area contributed by atoms with Gasteiger partial charge in [0.15, 0.2) is 11.9 Å². The minimum absolute atomic E-state index is 0.0771. The largest absolute Gasteiger partial charge is 0.492 e. The number of rotatable bonds is 16. The van der Waals surface area contributed by atoms with Crippen LogP contribution in [0.15, 0.2) is 90.0 Å². The Hall–Kier alpha value is -6.53. The van der Waals surface area contributed by atoms with Crippen LogP contribution in [0.3, 0.4) is 0 Å². The van der Waals surface area contributed by atoms with Gasteiger partial charge in [0.1, 0.15) is 30.8 Å². The number of benzene rings is 4. The minimum atomic E-state index is -1.37. The summed E-state index contributed by atoms with van der Waals surface area (Å²) >= 11 is 0.